The number of aromatic nitrogens is 3. The number of benzene rings is 1. The molecular formula is C24H23F6N5O. The fraction of sp³-hybridized carbons (Fsp3) is 0.458. The number of hydrogen-bond acceptors (Lipinski definition) is 6. The molecule has 2 saturated heterocycles. The van der Waals surface area contributed by atoms with Gasteiger partial charge in [-0.1, -0.05) is 18.2 Å². The third-order valence-electron chi connectivity index (χ3n) is 6.80. The van der Waals surface area contributed by atoms with Crippen molar-refractivity contribution in [2.24, 2.45) is 0 Å². The molecule has 6 nitrogen and oxygen atoms in total. The standard InChI is InChI=1S/C24H23F6N5O/c1-11(15-4-3-5-16(19(15)25)22(26)27)31-23-17-8-18(35-13-6-7-14(35)10-36-9-13)21(24(28,29)30)32-20(17)12(2)33-34-23/h3-5,8,11,13-14,22H,6-7,9-10H2,1-2H3,(H,31,34)/t11-,13?,14?/m1/s1. The maximum atomic E-state index is 14.7. The number of anilines is 2. The summed E-state index contributed by atoms with van der Waals surface area (Å²) in [4.78, 5) is 5.72. The Morgan fingerprint density at radius 2 is 1.75 bits per heavy atom. The molecule has 2 aliphatic rings. The summed E-state index contributed by atoms with van der Waals surface area (Å²) in [6.07, 6.45) is -6.30. The highest BCUT2D eigenvalue weighted by Crippen LogP contribution is 2.43. The average molecular weight is 511 g/mol. The van der Waals surface area contributed by atoms with Crippen molar-refractivity contribution >= 4 is 22.4 Å². The molecule has 0 amide bonds. The lowest BCUT2D eigenvalue weighted by atomic mass is 10.0. The summed E-state index contributed by atoms with van der Waals surface area (Å²) in [7, 11) is 0. The third-order valence-corrected chi connectivity index (χ3v) is 6.80. The number of alkyl halides is 5. The van der Waals surface area contributed by atoms with Gasteiger partial charge in [-0.05, 0) is 32.8 Å². The van der Waals surface area contributed by atoms with Crippen LogP contribution in [0.25, 0.3) is 10.9 Å². The van der Waals surface area contributed by atoms with Gasteiger partial charge in [0, 0.05) is 10.9 Å². The van der Waals surface area contributed by atoms with Gasteiger partial charge in [-0.3, -0.25) is 0 Å². The molecule has 2 fully saturated rings. The van der Waals surface area contributed by atoms with Gasteiger partial charge >= 0.3 is 6.18 Å². The largest absolute Gasteiger partial charge is 0.435 e. The van der Waals surface area contributed by atoms with Gasteiger partial charge in [0.15, 0.2) is 11.5 Å². The summed E-state index contributed by atoms with van der Waals surface area (Å²) in [6, 6.07) is 3.82. The zero-order valence-corrected chi connectivity index (χ0v) is 19.4. The van der Waals surface area contributed by atoms with E-state index in [1.165, 1.54) is 25.1 Å². The number of nitrogens with one attached hydrogen (secondary N) is 1. The Morgan fingerprint density at radius 3 is 2.39 bits per heavy atom. The number of rotatable bonds is 5. The smallest absolute Gasteiger partial charge is 0.377 e. The molecule has 36 heavy (non-hydrogen) atoms. The van der Waals surface area contributed by atoms with Crippen molar-refractivity contribution < 1.29 is 31.1 Å². The normalized spacial score (nSPS) is 20.9. The molecule has 0 spiro atoms. The van der Waals surface area contributed by atoms with Crippen LogP contribution >= 0.6 is 0 Å². The first-order valence-corrected chi connectivity index (χ1v) is 11.5. The van der Waals surface area contributed by atoms with E-state index in [9.17, 15) is 26.3 Å². The van der Waals surface area contributed by atoms with Crippen molar-refractivity contribution in [2.45, 2.75) is 57.4 Å². The van der Waals surface area contributed by atoms with Crippen molar-refractivity contribution in [3.8, 4) is 0 Å². The number of ether oxygens (including phenoxy) is 1. The van der Waals surface area contributed by atoms with Gasteiger partial charge in [-0.25, -0.2) is 18.2 Å². The highest BCUT2D eigenvalue weighted by molar-refractivity contribution is 5.93. The molecule has 1 N–H and O–H groups in total. The number of halogens is 6. The van der Waals surface area contributed by atoms with E-state index in [-0.39, 0.29) is 45.7 Å². The van der Waals surface area contributed by atoms with Gasteiger partial charge in [-0.15, -0.1) is 5.10 Å². The number of nitrogens with zero attached hydrogens (tertiary/aromatic N) is 4. The van der Waals surface area contributed by atoms with Crippen LogP contribution in [-0.2, 0) is 10.9 Å². The fourth-order valence-corrected chi connectivity index (χ4v) is 5.07. The molecule has 12 heteroatoms. The van der Waals surface area contributed by atoms with Gasteiger partial charge in [0.05, 0.1) is 53.8 Å². The Morgan fingerprint density at radius 1 is 1.08 bits per heavy atom. The Hall–Kier alpha value is -3.15. The summed E-state index contributed by atoms with van der Waals surface area (Å²) in [5.41, 5.74) is -1.66. The van der Waals surface area contributed by atoms with Crippen LogP contribution in [0.15, 0.2) is 24.3 Å². The first kappa shape index (κ1) is 24.5. The van der Waals surface area contributed by atoms with Gasteiger partial charge in [0.1, 0.15) is 5.82 Å². The van der Waals surface area contributed by atoms with Crippen LogP contribution in [-0.4, -0.2) is 40.5 Å². The van der Waals surface area contributed by atoms with Crippen LogP contribution < -0.4 is 10.2 Å². The molecule has 0 saturated carbocycles. The average Bonchev–Trinajstić information content (AvgIpc) is 3.07. The van der Waals surface area contributed by atoms with Crippen LogP contribution in [0.3, 0.4) is 0 Å². The summed E-state index contributed by atoms with van der Waals surface area (Å²) < 4.78 is 89.0. The lowest BCUT2D eigenvalue weighted by Gasteiger charge is -2.37. The molecule has 1 aromatic carbocycles. The molecule has 192 valence electrons. The molecule has 2 unspecified atom stereocenters. The lowest BCUT2D eigenvalue weighted by molar-refractivity contribution is -0.140. The summed E-state index contributed by atoms with van der Waals surface area (Å²) in [6.45, 7) is 3.68. The van der Waals surface area contributed by atoms with Crippen LogP contribution in [0.4, 0.5) is 37.8 Å². The van der Waals surface area contributed by atoms with Crippen molar-refractivity contribution in [1.29, 1.82) is 0 Å². The van der Waals surface area contributed by atoms with Gasteiger partial charge in [-0.2, -0.15) is 18.3 Å². The molecule has 0 aliphatic carbocycles. The minimum absolute atomic E-state index is 0.00168. The molecule has 2 bridgehead atoms. The zero-order valence-electron chi connectivity index (χ0n) is 19.4. The molecule has 2 aliphatic heterocycles. The topological polar surface area (TPSA) is 63.2 Å². The van der Waals surface area contributed by atoms with E-state index in [1.54, 1.807) is 11.8 Å². The summed E-state index contributed by atoms with van der Waals surface area (Å²) in [5, 5.41) is 11.2. The molecule has 3 aromatic rings. The molecule has 0 radical (unpaired) electrons. The first-order valence-electron chi connectivity index (χ1n) is 11.5. The number of aryl methyl sites for hydroxylation is 1. The number of pyridine rings is 1. The molecular weight excluding hydrogens is 488 g/mol. The summed E-state index contributed by atoms with van der Waals surface area (Å²) >= 11 is 0. The van der Waals surface area contributed by atoms with Crippen molar-refractivity contribution in [1.82, 2.24) is 15.2 Å². The quantitative estimate of drug-likeness (QED) is 0.426. The maximum Gasteiger partial charge on any atom is 0.435 e. The summed E-state index contributed by atoms with van der Waals surface area (Å²) in [5.74, 6) is -0.979. The van der Waals surface area contributed by atoms with Gasteiger partial charge < -0.3 is 15.0 Å². The molecule has 3 atom stereocenters. The van der Waals surface area contributed by atoms with Crippen molar-refractivity contribution in [3.63, 3.8) is 0 Å². The Bertz CT molecular complexity index is 1280. The van der Waals surface area contributed by atoms with Crippen LogP contribution in [0.5, 0.6) is 0 Å². The zero-order chi connectivity index (χ0) is 25.8. The Kier molecular flexibility index (Phi) is 6.17. The van der Waals surface area contributed by atoms with E-state index in [1.807, 2.05) is 0 Å². The number of morpholine rings is 1. The van der Waals surface area contributed by atoms with E-state index in [4.69, 9.17) is 4.74 Å². The fourth-order valence-electron chi connectivity index (χ4n) is 5.07. The molecule has 5 rings (SSSR count). The van der Waals surface area contributed by atoms with Crippen molar-refractivity contribution in [2.75, 3.05) is 23.4 Å². The SMILES string of the molecule is Cc1nnc(N[C@H](C)c2cccc(C(F)F)c2F)c2cc(N3C4CCC3COC4)c(C(F)(F)F)nc12. The first-order chi connectivity index (χ1) is 17.1. The minimum atomic E-state index is -4.71. The predicted octanol–water partition coefficient (Wildman–Crippen LogP) is 5.97. The van der Waals surface area contributed by atoms with E-state index in [0.717, 1.165) is 6.07 Å². The monoisotopic (exact) mass is 511 g/mol. The van der Waals surface area contributed by atoms with E-state index < -0.39 is 35.7 Å². The highest BCUT2D eigenvalue weighted by Gasteiger charge is 2.44. The second-order valence-corrected chi connectivity index (χ2v) is 9.13. The van der Waals surface area contributed by atoms with Crippen molar-refractivity contribution in [3.05, 3.63) is 52.6 Å². The van der Waals surface area contributed by atoms with E-state index in [2.05, 4.69) is 20.5 Å². The number of hydrogen-bond donors (Lipinski definition) is 1. The van der Waals surface area contributed by atoms with Gasteiger partial charge in [0.2, 0.25) is 0 Å². The second-order valence-electron chi connectivity index (χ2n) is 9.13. The molecule has 4 heterocycles. The van der Waals surface area contributed by atoms with Crippen LogP contribution in [0, 0.1) is 12.7 Å². The van der Waals surface area contributed by atoms with Gasteiger partial charge in [0.25, 0.3) is 6.43 Å². The van der Waals surface area contributed by atoms with E-state index >= 15 is 0 Å². The third kappa shape index (κ3) is 4.21. The number of fused-ring (bicyclic) bond motifs is 3. The predicted molar refractivity (Wildman–Crippen MR) is 121 cm³/mol. The van der Waals surface area contributed by atoms with Crippen LogP contribution in [0.1, 0.15) is 54.7 Å². The highest BCUT2D eigenvalue weighted by atomic mass is 19.4. The molecule has 2 aromatic heterocycles. The lowest BCUT2D eigenvalue weighted by Crippen LogP contribution is -2.46. The van der Waals surface area contributed by atoms with Crippen LogP contribution in [0.2, 0.25) is 0 Å². The Labute approximate surface area is 202 Å². The second kappa shape index (κ2) is 9.06. The maximum absolute atomic E-state index is 14.7. The Balaban J connectivity index is 1.62. The van der Waals surface area contributed by atoms with E-state index in [0.29, 0.717) is 26.1 Å². The minimum Gasteiger partial charge on any atom is -0.377 e.